The number of amides is 1. The van der Waals surface area contributed by atoms with E-state index in [1.165, 1.54) is 16.8 Å². The molecule has 0 fully saturated rings. The largest absolute Gasteiger partial charge is 0.501 e. The lowest BCUT2D eigenvalue weighted by Gasteiger charge is -2.22. The smallest absolute Gasteiger partial charge is 0.224 e. The number of rotatable bonds is 13. The van der Waals surface area contributed by atoms with Crippen LogP contribution in [0.3, 0.4) is 0 Å². The summed E-state index contributed by atoms with van der Waals surface area (Å²) in [7, 11) is 1.59. The minimum atomic E-state index is -0.234. The number of ether oxygens (including phenoxy) is 1. The zero-order chi connectivity index (χ0) is 27.7. The Labute approximate surface area is 227 Å². The Morgan fingerprint density at radius 2 is 1.61 bits per heavy atom. The van der Waals surface area contributed by atoms with Crippen molar-refractivity contribution in [1.29, 1.82) is 0 Å². The van der Waals surface area contributed by atoms with Gasteiger partial charge < -0.3 is 10.1 Å². The van der Waals surface area contributed by atoms with E-state index < -0.39 is 0 Å². The molecule has 0 bridgehead atoms. The topological polar surface area (TPSA) is 55.4 Å². The van der Waals surface area contributed by atoms with Gasteiger partial charge in [0.2, 0.25) is 5.91 Å². The van der Waals surface area contributed by atoms with Crippen molar-refractivity contribution in [3.8, 4) is 11.1 Å². The van der Waals surface area contributed by atoms with E-state index in [1.54, 1.807) is 7.11 Å². The summed E-state index contributed by atoms with van der Waals surface area (Å²) in [6, 6.07) is 22.7. The summed E-state index contributed by atoms with van der Waals surface area (Å²) < 4.78 is 5.51. The van der Waals surface area contributed by atoms with Crippen LogP contribution in [0.25, 0.3) is 21.9 Å². The fourth-order valence-corrected chi connectivity index (χ4v) is 4.50. The quantitative estimate of drug-likeness (QED) is 0.148. The van der Waals surface area contributed by atoms with Gasteiger partial charge in [-0.05, 0) is 63.6 Å². The number of carbonyl (C=O) groups excluding carboxylic acids is 2. The average molecular weight is 510 g/mol. The van der Waals surface area contributed by atoms with E-state index in [0.29, 0.717) is 18.1 Å². The predicted molar refractivity (Wildman–Crippen MR) is 158 cm³/mol. The highest BCUT2D eigenvalue weighted by atomic mass is 16.5. The van der Waals surface area contributed by atoms with Crippen molar-refractivity contribution in [1.82, 2.24) is 5.32 Å². The molecule has 0 saturated carbocycles. The first-order valence-corrected chi connectivity index (χ1v) is 13.2. The maximum Gasteiger partial charge on any atom is 0.224 e. The van der Waals surface area contributed by atoms with E-state index in [9.17, 15) is 9.59 Å². The summed E-state index contributed by atoms with van der Waals surface area (Å²) in [4.78, 5) is 24.9. The first-order chi connectivity index (χ1) is 18.2. The van der Waals surface area contributed by atoms with E-state index in [0.717, 1.165) is 28.7 Å². The standard InChI is InChI=1S/C34H39NO3/c1-7-33(36)25(5)20-31(38-6)19-24(4)32(18-23(2)3)35-34(37)21-26-12-14-28(15-13-26)30-17-16-27-10-8-9-11-29(27)22-30/h7-17,19,22-23,25,32H,1,4,18,20-21H2,2-3,5-6H3,(H,35,37)/b31-19-. The summed E-state index contributed by atoms with van der Waals surface area (Å²) in [5, 5.41) is 5.58. The third-order valence-corrected chi connectivity index (χ3v) is 6.69. The van der Waals surface area contributed by atoms with E-state index in [1.807, 2.05) is 37.3 Å². The Bertz CT molecular complexity index is 1320. The van der Waals surface area contributed by atoms with E-state index in [-0.39, 0.29) is 30.1 Å². The first kappa shape index (κ1) is 28.6. The first-order valence-electron chi connectivity index (χ1n) is 13.2. The minimum Gasteiger partial charge on any atom is -0.501 e. The van der Waals surface area contributed by atoms with Gasteiger partial charge >= 0.3 is 0 Å². The highest BCUT2D eigenvalue weighted by molar-refractivity contribution is 5.91. The molecule has 0 aliphatic heterocycles. The number of benzene rings is 3. The van der Waals surface area contributed by atoms with Crippen molar-refractivity contribution in [3.05, 3.63) is 109 Å². The zero-order valence-electron chi connectivity index (χ0n) is 23.0. The third-order valence-electron chi connectivity index (χ3n) is 6.69. The molecule has 0 aliphatic carbocycles. The molecule has 4 heteroatoms. The Morgan fingerprint density at radius 3 is 2.24 bits per heavy atom. The fraction of sp³-hybridized carbons (Fsp3) is 0.294. The summed E-state index contributed by atoms with van der Waals surface area (Å²) in [6.07, 6.45) is 4.67. The number of ketones is 1. The summed E-state index contributed by atoms with van der Waals surface area (Å²) >= 11 is 0. The summed E-state index contributed by atoms with van der Waals surface area (Å²) in [6.45, 7) is 13.9. The summed E-state index contributed by atoms with van der Waals surface area (Å²) in [5.74, 6) is 0.696. The molecular formula is C34H39NO3. The molecule has 0 aromatic heterocycles. The molecule has 0 heterocycles. The molecule has 198 valence electrons. The lowest BCUT2D eigenvalue weighted by molar-refractivity contribution is -0.121. The molecule has 1 N–H and O–H groups in total. The number of methoxy groups -OCH3 is 1. The second-order valence-corrected chi connectivity index (χ2v) is 10.3. The number of nitrogens with one attached hydrogen (secondary N) is 1. The third kappa shape index (κ3) is 8.04. The van der Waals surface area contributed by atoms with Gasteiger partial charge in [-0.1, -0.05) is 94.6 Å². The second-order valence-electron chi connectivity index (χ2n) is 10.3. The monoisotopic (exact) mass is 509 g/mol. The Hall–Kier alpha value is -3.92. The van der Waals surface area contributed by atoms with Gasteiger partial charge in [0.15, 0.2) is 5.78 Å². The van der Waals surface area contributed by atoms with Crippen LogP contribution in [0, 0.1) is 11.8 Å². The lowest BCUT2D eigenvalue weighted by Crippen LogP contribution is -2.37. The molecule has 0 saturated heterocycles. The average Bonchev–Trinajstić information content (AvgIpc) is 2.91. The van der Waals surface area contributed by atoms with Gasteiger partial charge in [0.1, 0.15) is 0 Å². The maximum absolute atomic E-state index is 13.0. The molecule has 0 aliphatic rings. The van der Waals surface area contributed by atoms with Crippen LogP contribution in [0.4, 0.5) is 0 Å². The van der Waals surface area contributed by atoms with E-state index in [4.69, 9.17) is 4.74 Å². The zero-order valence-corrected chi connectivity index (χ0v) is 23.0. The Morgan fingerprint density at radius 1 is 0.947 bits per heavy atom. The Kier molecular flexibility index (Phi) is 10.2. The van der Waals surface area contributed by atoms with Crippen LogP contribution in [0.2, 0.25) is 0 Å². The molecular weight excluding hydrogens is 470 g/mol. The second kappa shape index (κ2) is 13.6. The van der Waals surface area contributed by atoms with Gasteiger partial charge in [0, 0.05) is 12.3 Å². The van der Waals surface area contributed by atoms with Gasteiger partial charge in [0.25, 0.3) is 0 Å². The van der Waals surface area contributed by atoms with Crippen molar-refractivity contribution in [3.63, 3.8) is 0 Å². The van der Waals surface area contributed by atoms with Crippen molar-refractivity contribution < 1.29 is 14.3 Å². The van der Waals surface area contributed by atoms with Crippen molar-refractivity contribution in [2.24, 2.45) is 11.8 Å². The minimum absolute atomic E-state index is 0.0303. The molecule has 0 radical (unpaired) electrons. The fourth-order valence-electron chi connectivity index (χ4n) is 4.50. The highest BCUT2D eigenvalue weighted by Gasteiger charge is 2.19. The number of fused-ring (bicyclic) bond motifs is 1. The molecule has 3 aromatic rings. The van der Waals surface area contributed by atoms with E-state index >= 15 is 0 Å². The molecule has 3 aromatic carbocycles. The lowest BCUT2D eigenvalue weighted by atomic mass is 9.95. The van der Waals surface area contributed by atoms with Crippen molar-refractivity contribution in [2.75, 3.05) is 7.11 Å². The van der Waals surface area contributed by atoms with Crippen LogP contribution in [0.1, 0.15) is 39.2 Å². The van der Waals surface area contributed by atoms with Crippen molar-refractivity contribution in [2.45, 2.75) is 46.1 Å². The van der Waals surface area contributed by atoms with Crippen LogP contribution in [-0.2, 0) is 20.7 Å². The summed E-state index contributed by atoms with van der Waals surface area (Å²) in [5.41, 5.74) is 3.98. The predicted octanol–water partition coefficient (Wildman–Crippen LogP) is 7.45. The van der Waals surface area contributed by atoms with Gasteiger partial charge in [0.05, 0.1) is 25.3 Å². The van der Waals surface area contributed by atoms with Gasteiger partial charge in [-0.25, -0.2) is 0 Å². The highest BCUT2D eigenvalue weighted by Crippen LogP contribution is 2.25. The van der Waals surface area contributed by atoms with Gasteiger partial charge in [-0.2, -0.15) is 0 Å². The number of hydrogen-bond donors (Lipinski definition) is 1. The van der Waals surface area contributed by atoms with Crippen LogP contribution in [0.5, 0.6) is 0 Å². The SMILES string of the molecule is C=CC(=O)C(C)C/C(=C/C(=C)C(CC(C)C)NC(=O)Cc1ccc(-c2ccc3ccccc3c2)cc1)OC. The van der Waals surface area contributed by atoms with Gasteiger partial charge in [-0.15, -0.1) is 0 Å². The number of hydrogen-bond acceptors (Lipinski definition) is 3. The van der Waals surface area contributed by atoms with Crippen molar-refractivity contribution >= 4 is 22.5 Å². The molecule has 2 atom stereocenters. The molecule has 38 heavy (non-hydrogen) atoms. The Balaban J connectivity index is 1.67. The van der Waals surface area contributed by atoms with Crippen LogP contribution < -0.4 is 5.32 Å². The van der Waals surface area contributed by atoms with Crippen LogP contribution >= 0.6 is 0 Å². The maximum atomic E-state index is 13.0. The molecule has 0 spiro atoms. The van der Waals surface area contributed by atoms with E-state index in [2.05, 4.69) is 74.8 Å². The molecule has 2 unspecified atom stereocenters. The molecule has 3 rings (SSSR count). The molecule has 4 nitrogen and oxygen atoms in total. The van der Waals surface area contributed by atoms with Crippen LogP contribution in [0.15, 0.2) is 103 Å². The number of carbonyl (C=O) groups is 2. The number of allylic oxidation sites excluding steroid dienone is 2. The van der Waals surface area contributed by atoms with Gasteiger partial charge in [-0.3, -0.25) is 9.59 Å². The normalized spacial score (nSPS) is 13.1. The van der Waals surface area contributed by atoms with Crippen LogP contribution in [-0.4, -0.2) is 24.8 Å². The molecule has 1 amide bonds.